The molecule has 4 heterocycles. The molecule has 1 fully saturated rings. The number of fused-ring (bicyclic) bond motifs is 2. The fourth-order valence-corrected chi connectivity index (χ4v) is 5.82. The standard InChI is InChI=1S/C31H41N9O/c1-19(2)28-26(17-23-16-21(4)39-40(23)28)32-13-8-14-41-24-11-12-25(20(3)15-24)36-31-37-29-27(33-18-34-29)30(38-31)35-22-9-6-5-7-10-22/h11-12,15-19,22,32,39H,5-10,13-14H2,1-4H3,(H3,33,34,35,36,37,38). The number of imidazole rings is 1. The zero-order chi connectivity index (χ0) is 28.3. The number of hydrogen-bond donors (Lipinski definition) is 5. The quantitative estimate of drug-likeness (QED) is 0.111. The van der Waals surface area contributed by atoms with Crippen LogP contribution in [0.3, 0.4) is 0 Å². The molecule has 0 unspecified atom stereocenters. The van der Waals surface area contributed by atoms with Gasteiger partial charge in [-0.2, -0.15) is 9.97 Å². The summed E-state index contributed by atoms with van der Waals surface area (Å²) in [6.45, 7) is 10.1. The third-order valence-corrected chi connectivity index (χ3v) is 7.85. The first-order valence-corrected chi connectivity index (χ1v) is 14.9. The molecule has 1 aromatic carbocycles. The summed E-state index contributed by atoms with van der Waals surface area (Å²) < 4.78 is 8.27. The van der Waals surface area contributed by atoms with Gasteiger partial charge in [-0.3, -0.25) is 9.61 Å². The van der Waals surface area contributed by atoms with E-state index >= 15 is 0 Å². The third-order valence-electron chi connectivity index (χ3n) is 7.85. The Morgan fingerprint density at radius 2 is 1.90 bits per heavy atom. The molecule has 0 bridgehead atoms. The van der Waals surface area contributed by atoms with Crippen molar-refractivity contribution in [3.8, 4) is 5.75 Å². The van der Waals surface area contributed by atoms with E-state index < -0.39 is 0 Å². The average Bonchev–Trinajstić information content (AvgIpc) is 3.64. The minimum atomic E-state index is 0.413. The smallest absolute Gasteiger partial charge is 0.231 e. The number of ether oxygens (including phenoxy) is 1. The number of rotatable bonds is 11. The van der Waals surface area contributed by atoms with Gasteiger partial charge in [-0.05, 0) is 74.9 Å². The van der Waals surface area contributed by atoms with E-state index in [-0.39, 0.29) is 0 Å². The molecule has 0 atom stereocenters. The molecule has 6 rings (SSSR count). The fraction of sp³-hybridized carbons (Fsp3) is 0.452. The lowest BCUT2D eigenvalue weighted by Gasteiger charge is -2.23. The zero-order valence-corrected chi connectivity index (χ0v) is 24.5. The highest BCUT2D eigenvalue weighted by Crippen LogP contribution is 2.30. The lowest BCUT2D eigenvalue weighted by Crippen LogP contribution is -2.23. The normalized spacial score (nSPS) is 14.3. The Bertz CT molecular complexity index is 1620. The van der Waals surface area contributed by atoms with Crippen molar-refractivity contribution in [2.45, 2.75) is 78.2 Å². The maximum absolute atomic E-state index is 6.08. The molecule has 0 saturated heterocycles. The Morgan fingerprint density at radius 3 is 2.71 bits per heavy atom. The fourth-order valence-electron chi connectivity index (χ4n) is 5.82. The molecule has 0 amide bonds. The highest BCUT2D eigenvalue weighted by atomic mass is 16.5. The highest BCUT2D eigenvalue weighted by molar-refractivity contribution is 5.84. The molecule has 0 radical (unpaired) electrons. The van der Waals surface area contributed by atoms with Gasteiger partial charge in [-0.15, -0.1) is 0 Å². The molecule has 41 heavy (non-hydrogen) atoms. The number of benzene rings is 1. The van der Waals surface area contributed by atoms with Crippen LogP contribution in [-0.2, 0) is 0 Å². The second-order valence-electron chi connectivity index (χ2n) is 11.5. The van der Waals surface area contributed by atoms with E-state index in [1.165, 1.54) is 54.7 Å². The summed E-state index contributed by atoms with van der Waals surface area (Å²) in [5.41, 5.74) is 8.33. The van der Waals surface area contributed by atoms with Crippen LogP contribution in [0.2, 0.25) is 0 Å². The summed E-state index contributed by atoms with van der Waals surface area (Å²) in [5, 5.41) is 14.1. The molecule has 0 aliphatic heterocycles. The molecule has 10 heteroatoms. The number of aryl methyl sites for hydroxylation is 2. The zero-order valence-electron chi connectivity index (χ0n) is 24.5. The SMILES string of the molecule is Cc1cc2cc(NCCCOc3ccc(Nc4nc(NC5CCCCC5)c5[nH]cnc5n4)c(C)c3)c(C(C)C)n2[nH]1. The van der Waals surface area contributed by atoms with Gasteiger partial charge in [-0.25, -0.2) is 4.98 Å². The molecule has 0 spiro atoms. The second kappa shape index (κ2) is 11.7. The number of nitrogens with one attached hydrogen (secondary N) is 5. The molecule has 216 valence electrons. The van der Waals surface area contributed by atoms with Crippen molar-refractivity contribution in [1.29, 1.82) is 0 Å². The van der Waals surface area contributed by atoms with E-state index in [9.17, 15) is 0 Å². The number of anilines is 4. The van der Waals surface area contributed by atoms with Gasteiger partial charge in [0.05, 0.1) is 29.8 Å². The van der Waals surface area contributed by atoms with Gasteiger partial charge >= 0.3 is 0 Å². The van der Waals surface area contributed by atoms with Crippen molar-refractivity contribution < 1.29 is 4.74 Å². The van der Waals surface area contributed by atoms with Crippen molar-refractivity contribution in [2.24, 2.45) is 0 Å². The molecular formula is C31H41N9O. The number of aromatic amines is 2. The molecule has 5 aromatic rings. The van der Waals surface area contributed by atoms with Crippen molar-refractivity contribution in [3.63, 3.8) is 0 Å². The summed E-state index contributed by atoms with van der Waals surface area (Å²) in [6.07, 6.45) is 8.73. The van der Waals surface area contributed by atoms with E-state index in [0.29, 0.717) is 30.2 Å². The lowest BCUT2D eigenvalue weighted by molar-refractivity contribution is 0.315. The van der Waals surface area contributed by atoms with Gasteiger partial charge in [-0.1, -0.05) is 33.1 Å². The van der Waals surface area contributed by atoms with Crippen LogP contribution in [-0.4, -0.2) is 48.7 Å². The maximum atomic E-state index is 6.08. The second-order valence-corrected chi connectivity index (χ2v) is 11.5. The van der Waals surface area contributed by atoms with E-state index in [1.54, 1.807) is 6.33 Å². The molecular weight excluding hydrogens is 514 g/mol. The van der Waals surface area contributed by atoms with Gasteiger partial charge in [0, 0.05) is 24.0 Å². The summed E-state index contributed by atoms with van der Waals surface area (Å²) in [5.74, 6) is 2.60. The Morgan fingerprint density at radius 1 is 1.05 bits per heavy atom. The van der Waals surface area contributed by atoms with Crippen LogP contribution in [0, 0.1) is 13.8 Å². The molecule has 1 aliphatic rings. The van der Waals surface area contributed by atoms with Gasteiger partial charge in [0.1, 0.15) is 11.3 Å². The number of nitrogens with zero attached hydrogens (tertiary/aromatic N) is 4. The van der Waals surface area contributed by atoms with Crippen molar-refractivity contribution in [3.05, 3.63) is 53.6 Å². The predicted molar refractivity (Wildman–Crippen MR) is 166 cm³/mol. The van der Waals surface area contributed by atoms with Crippen LogP contribution >= 0.6 is 0 Å². The Balaban J connectivity index is 1.05. The van der Waals surface area contributed by atoms with Crippen LogP contribution in [0.4, 0.5) is 23.1 Å². The number of hydrogen-bond acceptors (Lipinski definition) is 7. The Hall–Kier alpha value is -4.21. The van der Waals surface area contributed by atoms with Gasteiger partial charge in [0.2, 0.25) is 5.95 Å². The van der Waals surface area contributed by atoms with E-state index in [0.717, 1.165) is 41.3 Å². The summed E-state index contributed by atoms with van der Waals surface area (Å²) in [7, 11) is 0. The largest absolute Gasteiger partial charge is 0.494 e. The molecule has 1 aliphatic carbocycles. The minimum absolute atomic E-state index is 0.413. The van der Waals surface area contributed by atoms with Crippen molar-refractivity contribution in [1.82, 2.24) is 29.5 Å². The van der Waals surface area contributed by atoms with Gasteiger partial charge in [0.15, 0.2) is 11.5 Å². The van der Waals surface area contributed by atoms with Crippen LogP contribution in [0.5, 0.6) is 5.75 Å². The molecule has 1 saturated carbocycles. The number of aromatic nitrogens is 6. The van der Waals surface area contributed by atoms with Crippen molar-refractivity contribution >= 4 is 39.8 Å². The molecule has 10 nitrogen and oxygen atoms in total. The summed E-state index contributed by atoms with van der Waals surface area (Å²) in [4.78, 5) is 17.0. The first-order chi connectivity index (χ1) is 19.9. The number of H-pyrrole nitrogens is 2. The van der Waals surface area contributed by atoms with Crippen LogP contribution in [0.1, 0.15) is 75.2 Å². The van der Waals surface area contributed by atoms with Crippen molar-refractivity contribution in [2.75, 3.05) is 29.1 Å². The summed E-state index contributed by atoms with van der Waals surface area (Å²) in [6, 6.07) is 10.9. The predicted octanol–water partition coefficient (Wildman–Crippen LogP) is 7.04. The molecule has 5 N–H and O–H groups in total. The first kappa shape index (κ1) is 27.0. The van der Waals surface area contributed by atoms with Gasteiger partial charge in [0.25, 0.3) is 0 Å². The van der Waals surface area contributed by atoms with E-state index in [4.69, 9.17) is 9.72 Å². The maximum Gasteiger partial charge on any atom is 0.231 e. The van der Waals surface area contributed by atoms with Gasteiger partial charge < -0.3 is 25.7 Å². The first-order valence-electron chi connectivity index (χ1n) is 14.9. The topological polar surface area (TPSA) is 120 Å². The van der Waals surface area contributed by atoms with Crippen LogP contribution < -0.4 is 20.7 Å². The highest BCUT2D eigenvalue weighted by Gasteiger charge is 2.18. The molecule has 4 aromatic heterocycles. The summed E-state index contributed by atoms with van der Waals surface area (Å²) >= 11 is 0. The minimum Gasteiger partial charge on any atom is -0.494 e. The Labute approximate surface area is 240 Å². The monoisotopic (exact) mass is 555 g/mol. The average molecular weight is 556 g/mol. The Kier molecular flexibility index (Phi) is 7.71. The lowest BCUT2D eigenvalue weighted by atomic mass is 9.95. The van der Waals surface area contributed by atoms with Crippen LogP contribution in [0.15, 0.2) is 36.7 Å². The van der Waals surface area contributed by atoms with Crippen LogP contribution in [0.25, 0.3) is 16.7 Å². The van der Waals surface area contributed by atoms with E-state index in [2.05, 4.69) is 86.4 Å². The third kappa shape index (κ3) is 5.96. The van der Waals surface area contributed by atoms with E-state index in [1.807, 2.05) is 12.1 Å².